The van der Waals surface area contributed by atoms with Crippen LogP contribution in [-0.4, -0.2) is 43.0 Å². The number of benzene rings is 2. The number of anilines is 2. The summed E-state index contributed by atoms with van der Waals surface area (Å²) in [6.45, 7) is 4.06. The number of amides is 1. The van der Waals surface area contributed by atoms with E-state index in [1.54, 1.807) is 21.5 Å². The molecule has 4 aromatic rings. The van der Waals surface area contributed by atoms with E-state index >= 15 is 0 Å². The Morgan fingerprint density at radius 2 is 1.91 bits per heavy atom. The van der Waals surface area contributed by atoms with E-state index in [4.69, 9.17) is 0 Å². The van der Waals surface area contributed by atoms with Crippen LogP contribution in [0.25, 0.3) is 16.6 Å². The van der Waals surface area contributed by atoms with Crippen molar-refractivity contribution in [1.82, 2.24) is 24.0 Å². The van der Waals surface area contributed by atoms with E-state index in [0.717, 1.165) is 53.8 Å². The molecule has 1 aliphatic rings. The van der Waals surface area contributed by atoms with Gasteiger partial charge in [-0.2, -0.15) is 0 Å². The van der Waals surface area contributed by atoms with E-state index in [-0.39, 0.29) is 11.6 Å². The molecule has 1 N–H and O–H groups in total. The van der Waals surface area contributed by atoms with Gasteiger partial charge in [0.05, 0.1) is 11.2 Å². The number of likely N-dealkylation sites (tertiary alicyclic amines) is 1. The van der Waals surface area contributed by atoms with Crippen LogP contribution in [0.3, 0.4) is 0 Å². The van der Waals surface area contributed by atoms with Crippen molar-refractivity contribution in [2.24, 2.45) is 0 Å². The normalized spacial score (nSPS) is 13.5. The fourth-order valence-corrected chi connectivity index (χ4v) is 4.27. The standard InChI is InChI=1S/C25H26N6O2/c1-18-5-4-6-19(15-18)28-24-21-16-20(7-8-22(21)26-17-27-24)31-14-13-30(25(31)33)12-9-23(32)29-10-2-3-11-29/h4-8,13-17H,2-3,9-12H2,1H3,(H,26,27,28). The Hall–Kier alpha value is -3.94. The number of aryl methyl sites for hydroxylation is 2. The predicted molar refractivity (Wildman–Crippen MR) is 128 cm³/mol. The van der Waals surface area contributed by atoms with E-state index in [2.05, 4.69) is 15.3 Å². The molecular weight excluding hydrogens is 416 g/mol. The van der Waals surface area contributed by atoms with E-state index in [1.807, 2.05) is 54.3 Å². The summed E-state index contributed by atoms with van der Waals surface area (Å²) in [7, 11) is 0. The zero-order valence-corrected chi connectivity index (χ0v) is 18.6. The van der Waals surface area contributed by atoms with Gasteiger partial charge in [0.1, 0.15) is 12.1 Å². The van der Waals surface area contributed by atoms with Gasteiger partial charge in [0.15, 0.2) is 0 Å². The minimum Gasteiger partial charge on any atom is -0.343 e. The van der Waals surface area contributed by atoms with Gasteiger partial charge in [0.2, 0.25) is 5.91 Å². The number of carbonyl (C=O) groups is 1. The van der Waals surface area contributed by atoms with Gasteiger partial charge in [-0.1, -0.05) is 12.1 Å². The first-order valence-corrected chi connectivity index (χ1v) is 11.2. The highest BCUT2D eigenvalue weighted by atomic mass is 16.2. The highest BCUT2D eigenvalue weighted by Gasteiger charge is 2.18. The molecule has 0 atom stereocenters. The van der Waals surface area contributed by atoms with E-state index in [0.29, 0.717) is 18.8 Å². The molecule has 5 rings (SSSR count). The number of imidazole rings is 1. The Balaban J connectivity index is 1.41. The SMILES string of the molecule is Cc1cccc(Nc2ncnc3ccc(-n4ccn(CCC(=O)N5CCCC5)c4=O)cc23)c1. The molecule has 1 saturated heterocycles. The van der Waals surface area contributed by atoms with Gasteiger partial charge in [0, 0.05) is 49.5 Å². The monoisotopic (exact) mass is 442 g/mol. The summed E-state index contributed by atoms with van der Waals surface area (Å²) in [5.74, 6) is 0.790. The second kappa shape index (κ2) is 8.90. The maximum absolute atomic E-state index is 13.0. The first-order chi connectivity index (χ1) is 16.1. The first kappa shape index (κ1) is 20.9. The zero-order chi connectivity index (χ0) is 22.8. The van der Waals surface area contributed by atoms with Crippen molar-refractivity contribution in [2.45, 2.75) is 32.7 Å². The van der Waals surface area contributed by atoms with Crippen molar-refractivity contribution in [3.05, 3.63) is 77.2 Å². The van der Waals surface area contributed by atoms with Gasteiger partial charge in [0.25, 0.3) is 0 Å². The molecule has 0 radical (unpaired) electrons. The van der Waals surface area contributed by atoms with E-state index in [9.17, 15) is 9.59 Å². The third-order valence-corrected chi connectivity index (χ3v) is 6.05. The number of hydrogen-bond acceptors (Lipinski definition) is 5. The molecule has 0 unspecified atom stereocenters. The van der Waals surface area contributed by atoms with Crippen LogP contribution < -0.4 is 11.0 Å². The Morgan fingerprint density at radius 1 is 1.06 bits per heavy atom. The minimum absolute atomic E-state index is 0.113. The highest BCUT2D eigenvalue weighted by molar-refractivity contribution is 5.92. The fourth-order valence-electron chi connectivity index (χ4n) is 4.27. The van der Waals surface area contributed by atoms with Crippen LogP contribution in [0.2, 0.25) is 0 Å². The van der Waals surface area contributed by atoms with Gasteiger partial charge in [-0.15, -0.1) is 0 Å². The molecule has 8 heteroatoms. The average Bonchev–Trinajstić information content (AvgIpc) is 3.48. The van der Waals surface area contributed by atoms with Gasteiger partial charge in [-0.25, -0.2) is 14.8 Å². The van der Waals surface area contributed by atoms with Crippen LogP contribution in [0, 0.1) is 6.92 Å². The Bertz CT molecular complexity index is 1370. The molecule has 168 valence electrons. The number of rotatable bonds is 6. The zero-order valence-electron chi connectivity index (χ0n) is 18.6. The van der Waals surface area contributed by atoms with Crippen LogP contribution in [-0.2, 0) is 11.3 Å². The quantitative estimate of drug-likeness (QED) is 0.493. The summed E-state index contributed by atoms with van der Waals surface area (Å²) in [6.07, 6.45) is 7.46. The minimum atomic E-state index is -0.173. The van der Waals surface area contributed by atoms with E-state index in [1.165, 1.54) is 6.33 Å². The molecule has 33 heavy (non-hydrogen) atoms. The third-order valence-electron chi connectivity index (χ3n) is 6.05. The lowest BCUT2D eigenvalue weighted by Crippen LogP contribution is -2.30. The summed E-state index contributed by atoms with van der Waals surface area (Å²) in [5.41, 5.74) is 3.42. The molecule has 0 spiro atoms. The van der Waals surface area contributed by atoms with Crippen molar-refractivity contribution < 1.29 is 4.79 Å². The molecule has 0 saturated carbocycles. The molecule has 1 fully saturated rings. The summed E-state index contributed by atoms with van der Waals surface area (Å²) in [6, 6.07) is 13.7. The summed E-state index contributed by atoms with van der Waals surface area (Å²) < 4.78 is 3.18. The molecule has 1 amide bonds. The largest absolute Gasteiger partial charge is 0.343 e. The summed E-state index contributed by atoms with van der Waals surface area (Å²) in [5, 5.41) is 4.18. The number of nitrogens with zero attached hydrogens (tertiary/aromatic N) is 5. The highest BCUT2D eigenvalue weighted by Crippen LogP contribution is 2.25. The number of hydrogen-bond donors (Lipinski definition) is 1. The predicted octanol–water partition coefficient (Wildman–Crippen LogP) is 3.65. The van der Waals surface area contributed by atoms with Gasteiger partial charge in [-0.05, 0) is 55.7 Å². The average molecular weight is 443 g/mol. The topological polar surface area (TPSA) is 85.1 Å². The summed E-state index contributed by atoms with van der Waals surface area (Å²) >= 11 is 0. The van der Waals surface area contributed by atoms with Crippen LogP contribution in [0.1, 0.15) is 24.8 Å². The van der Waals surface area contributed by atoms with Crippen LogP contribution in [0.4, 0.5) is 11.5 Å². The van der Waals surface area contributed by atoms with Crippen molar-refractivity contribution in [3.8, 4) is 5.69 Å². The number of aromatic nitrogens is 4. The number of nitrogens with one attached hydrogen (secondary N) is 1. The molecular formula is C25H26N6O2. The van der Waals surface area contributed by atoms with Crippen LogP contribution >= 0.6 is 0 Å². The molecule has 3 heterocycles. The molecule has 0 aliphatic carbocycles. The first-order valence-electron chi connectivity index (χ1n) is 11.2. The molecule has 2 aromatic heterocycles. The Kier molecular flexibility index (Phi) is 5.64. The van der Waals surface area contributed by atoms with Crippen molar-refractivity contribution in [2.75, 3.05) is 18.4 Å². The van der Waals surface area contributed by atoms with Crippen molar-refractivity contribution in [1.29, 1.82) is 0 Å². The maximum atomic E-state index is 13.0. The lowest BCUT2D eigenvalue weighted by Gasteiger charge is -2.14. The van der Waals surface area contributed by atoms with Crippen LogP contribution in [0.5, 0.6) is 0 Å². The Labute approximate surface area is 191 Å². The number of carbonyl (C=O) groups excluding carboxylic acids is 1. The number of fused-ring (bicyclic) bond motifs is 1. The van der Waals surface area contributed by atoms with Gasteiger partial charge >= 0.3 is 5.69 Å². The molecule has 8 nitrogen and oxygen atoms in total. The van der Waals surface area contributed by atoms with Gasteiger partial charge in [-0.3, -0.25) is 13.9 Å². The summed E-state index contributed by atoms with van der Waals surface area (Å²) in [4.78, 5) is 36.0. The van der Waals surface area contributed by atoms with E-state index < -0.39 is 0 Å². The Morgan fingerprint density at radius 3 is 2.73 bits per heavy atom. The van der Waals surface area contributed by atoms with Gasteiger partial charge < -0.3 is 10.2 Å². The smallest absolute Gasteiger partial charge is 0.332 e. The third kappa shape index (κ3) is 4.37. The maximum Gasteiger partial charge on any atom is 0.332 e. The second-order valence-electron chi connectivity index (χ2n) is 8.40. The van der Waals surface area contributed by atoms with Crippen LogP contribution in [0.15, 0.2) is 66.0 Å². The molecule has 0 bridgehead atoms. The fraction of sp³-hybridized carbons (Fsp3) is 0.280. The van der Waals surface area contributed by atoms with Crippen molar-refractivity contribution in [3.63, 3.8) is 0 Å². The second-order valence-corrected chi connectivity index (χ2v) is 8.40. The molecule has 1 aliphatic heterocycles. The lowest BCUT2D eigenvalue weighted by molar-refractivity contribution is -0.130. The molecule has 2 aromatic carbocycles. The lowest BCUT2D eigenvalue weighted by atomic mass is 10.2. The van der Waals surface area contributed by atoms with Crippen molar-refractivity contribution >= 4 is 28.3 Å².